The largest absolute Gasteiger partial charge is 0.488 e. The summed E-state index contributed by atoms with van der Waals surface area (Å²) in [5.41, 5.74) is 0.844. The maximum Gasteiger partial charge on any atom is 0.336 e. The van der Waals surface area contributed by atoms with Gasteiger partial charge in [0.15, 0.2) is 0 Å². The van der Waals surface area contributed by atoms with Crippen molar-refractivity contribution in [2.24, 2.45) is 0 Å². The molecule has 0 amide bonds. The van der Waals surface area contributed by atoms with Crippen molar-refractivity contribution in [3.8, 4) is 5.75 Å². The fourth-order valence-corrected chi connectivity index (χ4v) is 5.57. The number of para-hydroxylation sites is 1. The molecule has 2 N–H and O–H groups in total. The van der Waals surface area contributed by atoms with Crippen molar-refractivity contribution in [3.05, 3.63) is 102 Å². The summed E-state index contributed by atoms with van der Waals surface area (Å²) in [5.74, 6) is -1.61. The zero-order chi connectivity index (χ0) is 40.2. The first-order valence-electron chi connectivity index (χ1n) is 20.3. The molecule has 0 saturated carbocycles. The number of carboxylic acids is 2. The average molecular weight is 783 g/mol. The van der Waals surface area contributed by atoms with Gasteiger partial charge in [0.1, 0.15) is 11.9 Å². The predicted octanol–water partition coefficient (Wildman–Crippen LogP) is 8.78. The van der Waals surface area contributed by atoms with Gasteiger partial charge in [-0.25, -0.2) is 9.59 Å². The number of benzene rings is 3. The van der Waals surface area contributed by atoms with Gasteiger partial charge >= 0.3 is 11.9 Å². The summed E-state index contributed by atoms with van der Waals surface area (Å²) in [6.07, 6.45) is 14.2. The van der Waals surface area contributed by atoms with Crippen LogP contribution in [0.2, 0.25) is 0 Å². The molecule has 1 atom stereocenters. The average Bonchev–Trinajstić information content (AvgIpc) is 3.21. The van der Waals surface area contributed by atoms with E-state index in [2.05, 4.69) is 19.1 Å². The number of carboxylic acid groups (broad SMARTS) is 2. The number of hydrogen-bond donors (Lipinski definition) is 2. The molecule has 0 aromatic heterocycles. The number of unbranched alkanes of at least 4 members (excludes halogenated alkanes) is 9. The van der Waals surface area contributed by atoms with Crippen LogP contribution in [0.3, 0.4) is 0 Å². The van der Waals surface area contributed by atoms with Crippen molar-refractivity contribution in [1.82, 2.24) is 0 Å². The Morgan fingerprint density at radius 3 is 1.29 bits per heavy atom. The van der Waals surface area contributed by atoms with E-state index in [1.54, 1.807) is 0 Å². The lowest BCUT2D eigenvalue weighted by Crippen LogP contribution is -2.26. The van der Waals surface area contributed by atoms with Gasteiger partial charge in [-0.1, -0.05) is 125 Å². The fourth-order valence-electron chi connectivity index (χ4n) is 5.57. The van der Waals surface area contributed by atoms with Crippen LogP contribution in [0.5, 0.6) is 5.75 Å². The van der Waals surface area contributed by atoms with E-state index < -0.39 is 11.9 Å². The summed E-state index contributed by atoms with van der Waals surface area (Å²) in [4.78, 5) is 20.9. The topological polar surface area (TPSA) is 139 Å². The van der Waals surface area contributed by atoms with Gasteiger partial charge in [-0.3, -0.25) is 0 Å². The summed E-state index contributed by atoms with van der Waals surface area (Å²) >= 11 is 0. The second-order valence-electron chi connectivity index (χ2n) is 13.2. The zero-order valence-electron chi connectivity index (χ0n) is 33.5. The quantitative estimate of drug-likeness (QED) is 0.0562. The molecule has 0 radical (unpaired) electrons. The molecule has 56 heavy (non-hydrogen) atoms. The highest BCUT2D eigenvalue weighted by Gasteiger charge is 2.14. The second kappa shape index (κ2) is 34.4. The van der Waals surface area contributed by atoms with Gasteiger partial charge in [-0.05, 0) is 36.2 Å². The van der Waals surface area contributed by atoms with E-state index >= 15 is 0 Å². The Bertz CT molecular complexity index is 1280. The lowest BCUT2D eigenvalue weighted by atomic mass is 10.1. The normalized spacial score (nSPS) is 11.4. The number of rotatable bonds is 34. The molecule has 0 spiro atoms. The zero-order valence-corrected chi connectivity index (χ0v) is 33.5. The molecule has 0 heterocycles. The van der Waals surface area contributed by atoms with E-state index in [-0.39, 0.29) is 17.2 Å². The molecule has 0 saturated heterocycles. The van der Waals surface area contributed by atoms with Gasteiger partial charge in [-0.2, -0.15) is 0 Å². The molecule has 11 nitrogen and oxygen atoms in total. The summed E-state index contributed by atoms with van der Waals surface area (Å²) in [6.45, 7) is 9.19. The van der Waals surface area contributed by atoms with Crippen LogP contribution >= 0.6 is 0 Å². The van der Waals surface area contributed by atoms with Crippen LogP contribution in [-0.2, 0) is 34.8 Å². The Balaban J connectivity index is 0.000000764. The molecule has 1 unspecified atom stereocenters. The van der Waals surface area contributed by atoms with Crippen molar-refractivity contribution in [3.63, 3.8) is 0 Å². The number of hydrogen-bond acceptors (Lipinski definition) is 9. The molecular weight excluding hydrogens is 716 g/mol. The number of carbonyl (C=O) groups is 2. The minimum absolute atomic E-state index is 0.0684. The molecule has 3 rings (SSSR count). The standard InChI is InChI=1S/C37H60O7.C8H6O4/c1-2-3-4-5-6-7-8-9-10-17-22-38-23-24-39-25-26-40-27-28-41-29-30-42-31-32-43-34-37(33-35-18-13-11-14-19-35)44-36-20-15-12-16-21-36;9-7(10)5-3-1-2-4-6(5)8(11)12/h11-16,18-21,37H,2-10,17,22-34H2,1H3;1-4H,(H,9,10)(H,11,12). The molecule has 0 aliphatic rings. The van der Waals surface area contributed by atoms with E-state index in [1.807, 2.05) is 48.5 Å². The SMILES string of the molecule is CCCCCCCCCCCCOCCOCCOCCOCCOCCOCC(Cc1ccccc1)Oc1ccccc1.O=C(O)c1ccccc1C(=O)O. The summed E-state index contributed by atoms with van der Waals surface area (Å²) in [6, 6.07) is 25.7. The van der Waals surface area contributed by atoms with Gasteiger partial charge in [0.25, 0.3) is 0 Å². The Hall–Kier alpha value is -3.84. The van der Waals surface area contributed by atoms with Gasteiger partial charge in [0.2, 0.25) is 0 Å². The minimum Gasteiger partial charge on any atom is -0.488 e. The maximum absolute atomic E-state index is 10.5. The van der Waals surface area contributed by atoms with Crippen molar-refractivity contribution >= 4 is 11.9 Å². The lowest BCUT2D eigenvalue weighted by molar-refractivity contribution is -0.0217. The first-order chi connectivity index (χ1) is 27.5. The van der Waals surface area contributed by atoms with Crippen LogP contribution in [0.15, 0.2) is 84.9 Å². The lowest BCUT2D eigenvalue weighted by Gasteiger charge is -2.19. The van der Waals surface area contributed by atoms with E-state index in [9.17, 15) is 9.59 Å². The van der Waals surface area contributed by atoms with Crippen LogP contribution in [0, 0.1) is 0 Å². The van der Waals surface area contributed by atoms with Gasteiger partial charge < -0.3 is 43.4 Å². The summed E-state index contributed by atoms with van der Waals surface area (Å²) in [7, 11) is 0. The van der Waals surface area contributed by atoms with Crippen LogP contribution in [-0.4, -0.2) is 108 Å². The first-order valence-corrected chi connectivity index (χ1v) is 20.3. The van der Waals surface area contributed by atoms with E-state index in [4.69, 9.17) is 43.4 Å². The van der Waals surface area contributed by atoms with Crippen molar-refractivity contribution in [1.29, 1.82) is 0 Å². The summed E-state index contributed by atoms with van der Waals surface area (Å²) < 4.78 is 40.0. The van der Waals surface area contributed by atoms with Crippen molar-refractivity contribution < 1.29 is 53.0 Å². The smallest absolute Gasteiger partial charge is 0.336 e. The van der Waals surface area contributed by atoms with E-state index in [1.165, 1.54) is 87.6 Å². The van der Waals surface area contributed by atoms with Gasteiger partial charge in [0, 0.05) is 13.0 Å². The van der Waals surface area contributed by atoms with Gasteiger partial charge in [0.05, 0.1) is 83.8 Å². The fraction of sp³-hybridized carbons (Fsp3) is 0.556. The molecule has 0 aliphatic heterocycles. The Morgan fingerprint density at radius 1 is 0.464 bits per heavy atom. The second-order valence-corrected chi connectivity index (χ2v) is 13.2. The molecule has 0 aliphatic carbocycles. The molecule has 3 aromatic carbocycles. The predicted molar refractivity (Wildman–Crippen MR) is 218 cm³/mol. The molecule has 3 aromatic rings. The Labute approximate surface area is 334 Å². The third-order valence-corrected chi connectivity index (χ3v) is 8.55. The number of aromatic carboxylic acids is 2. The highest BCUT2D eigenvalue weighted by Crippen LogP contribution is 2.15. The molecule has 0 fully saturated rings. The highest BCUT2D eigenvalue weighted by molar-refractivity contribution is 6.01. The monoisotopic (exact) mass is 782 g/mol. The van der Waals surface area contributed by atoms with Crippen LogP contribution in [0.1, 0.15) is 97.4 Å². The van der Waals surface area contributed by atoms with Crippen LogP contribution < -0.4 is 4.74 Å². The molecule has 11 heteroatoms. The minimum atomic E-state index is -1.23. The maximum atomic E-state index is 10.5. The van der Waals surface area contributed by atoms with Gasteiger partial charge in [-0.15, -0.1) is 0 Å². The van der Waals surface area contributed by atoms with Crippen LogP contribution in [0.25, 0.3) is 0 Å². The van der Waals surface area contributed by atoms with E-state index in [0.29, 0.717) is 72.7 Å². The first kappa shape index (κ1) is 48.3. The third-order valence-electron chi connectivity index (χ3n) is 8.55. The highest BCUT2D eigenvalue weighted by atomic mass is 16.6. The Kier molecular flexibility index (Phi) is 29.7. The molecular formula is C45H66O11. The number of ether oxygens (including phenoxy) is 7. The van der Waals surface area contributed by atoms with Crippen molar-refractivity contribution in [2.75, 3.05) is 79.3 Å². The van der Waals surface area contributed by atoms with E-state index in [0.717, 1.165) is 25.2 Å². The van der Waals surface area contributed by atoms with Crippen molar-refractivity contribution in [2.45, 2.75) is 83.7 Å². The van der Waals surface area contributed by atoms with Crippen LogP contribution in [0.4, 0.5) is 0 Å². The molecule has 312 valence electrons. The third kappa shape index (κ3) is 26.1. The molecule has 0 bridgehead atoms. The Morgan fingerprint density at radius 2 is 0.839 bits per heavy atom. The summed E-state index contributed by atoms with van der Waals surface area (Å²) in [5, 5.41) is 17.1.